The highest BCUT2D eigenvalue weighted by Gasteiger charge is 2.02. The van der Waals surface area contributed by atoms with Gasteiger partial charge in [0, 0.05) is 0 Å². The summed E-state index contributed by atoms with van der Waals surface area (Å²) in [6, 6.07) is 0. The second-order valence-corrected chi connectivity index (χ2v) is 6.13. The van der Waals surface area contributed by atoms with E-state index in [0.717, 1.165) is 11.8 Å². The van der Waals surface area contributed by atoms with Gasteiger partial charge in [0.1, 0.15) is 0 Å². The van der Waals surface area contributed by atoms with Gasteiger partial charge in [-0.1, -0.05) is 98.3 Å². The van der Waals surface area contributed by atoms with Crippen molar-refractivity contribution < 1.29 is 0 Å². The van der Waals surface area contributed by atoms with E-state index in [-0.39, 0.29) is 0 Å². The molecule has 0 amide bonds. The van der Waals surface area contributed by atoms with Crippen molar-refractivity contribution >= 4 is 0 Å². The molecule has 0 aromatic heterocycles. The summed E-state index contributed by atoms with van der Waals surface area (Å²) in [5.74, 6) is 1.93. The van der Waals surface area contributed by atoms with Gasteiger partial charge in [0.15, 0.2) is 0 Å². The maximum absolute atomic E-state index is 2.43. The van der Waals surface area contributed by atoms with Crippen LogP contribution in [0.15, 0.2) is 0 Å². The minimum Gasteiger partial charge on any atom is -0.0654 e. The van der Waals surface area contributed by atoms with Crippen molar-refractivity contribution in [1.82, 2.24) is 0 Å². The van der Waals surface area contributed by atoms with Crippen LogP contribution in [0.3, 0.4) is 0 Å². The lowest BCUT2D eigenvalue weighted by atomic mass is 9.95. The SMILES string of the molecule is CCCCC(C)CCCCCCC(C)CCC. The van der Waals surface area contributed by atoms with Gasteiger partial charge in [0.2, 0.25) is 0 Å². The predicted octanol–water partition coefficient (Wildman–Crippen LogP) is 6.59. The van der Waals surface area contributed by atoms with Gasteiger partial charge in [-0.2, -0.15) is 0 Å². The quantitative estimate of drug-likeness (QED) is 0.338. The minimum atomic E-state index is 0.962. The first-order chi connectivity index (χ1) is 8.20. The number of hydrogen-bond acceptors (Lipinski definition) is 0. The van der Waals surface area contributed by atoms with Crippen LogP contribution in [0.5, 0.6) is 0 Å². The van der Waals surface area contributed by atoms with Crippen LogP contribution in [0.1, 0.15) is 98.3 Å². The molecule has 0 radical (unpaired) electrons. The Labute approximate surface area is 111 Å². The predicted molar refractivity (Wildman–Crippen MR) is 80.5 cm³/mol. The van der Waals surface area contributed by atoms with E-state index in [1.54, 1.807) is 0 Å². The molecule has 0 heteroatoms. The van der Waals surface area contributed by atoms with Crippen molar-refractivity contribution in [3.63, 3.8) is 0 Å². The molecule has 0 bridgehead atoms. The molecule has 0 aliphatic heterocycles. The average molecular weight is 240 g/mol. The molecule has 0 rings (SSSR count). The third-order valence-electron chi connectivity index (χ3n) is 3.98. The van der Waals surface area contributed by atoms with Crippen molar-refractivity contribution in [2.75, 3.05) is 0 Å². The first-order valence-corrected chi connectivity index (χ1v) is 8.20. The molecule has 0 saturated heterocycles. The molecule has 0 aliphatic rings. The highest BCUT2D eigenvalue weighted by molar-refractivity contribution is 4.56. The van der Waals surface area contributed by atoms with E-state index in [4.69, 9.17) is 0 Å². The summed E-state index contributed by atoms with van der Waals surface area (Å²) < 4.78 is 0. The van der Waals surface area contributed by atoms with Crippen molar-refractivity contribution in [3.05, 3.63) is 0 Å². The molecular formula is C17H36. The Bertz CT molecular complexity index is 139. The van der Waals surface area contributed by atoms with Crippen LogP contribution in [0.4, 0.5) is 0 Å². The summed E-state index contributed by atoms with van der Waals surface area (Å²) in [4.78, 5) is 0. The zero-order chi connectivity index (χ0) is 12.9. The van der Waals surface area contributed by atoms with E-state index >= 15 is 0 Å². The van der Waals surface area contributed by atoms with Crippen LogP contribution in [0.25, 0.3) is 0 Å². The summed E-state index contributed by atoms with van der Waals surface area (Å²) in [6.45, 7) is 9.44. The van der Waals surface area contributed by atoms with Crippen LogP contribution in [0, 0.1) is 11.8 Å². The summed E-state index contributed by atoms with van der Waals surface area (Å²) in [7, 11) is 0. The second kappa shape index (κ2) is 12.5. The molecular weight excluding hydrogens is 204 g/mol. The Hall–Kier alpha value is 0. The van der Waals surface area contributed by atoms with E-state index in [0.29, 0.717) is 0 Å². The van der Waals surface area contributed by atoms with Crippen LogP contribution in [0.2, 0.25) is 0 Å². The lowest BCUT2D eigenvalue weighted by Gasteiger charge is -2.11. The van der Waals surface area contributed by atoms with Gasteiger partial charge >= 0.3 is 0 Å². The third kappa shape index (κ3) is 12.2. The fourth-order valence-electron chi connectivity index (χ4n) is 2.67. The third-order valence-corrected chi connectivity index (χ3v) is 3.98. The van der Waals surface area contributed by atoms with Gasteiger partial charge in [0.05, 0.1) is 0 Å². The van der Waals surface area contributed by atoms with Crippen molar-refractivity contribution in [3.8, 4) is 0 Å². The van der Waals surface area contributed by atoms with Gasteiger partial charge in [0.25, 0.3) is 0 Å². The van der Waals surface area contributed by atoms with Crippen LogP contribution < -0.4 is 0 Å². The number of rotatable bonds is 12. The number of hydrogen-bond donors (Lipinski definition) is 0. The van der Waals surface area contributed by atoms with E-state index in [9.17, 15) is 0 Å². The monoisotopic (exact) mass is 240 g/mol. The van der Waals surface area contributed by atoms with E-state index in [2.05, 4.69) is 27.7 Å². The van der Waals surface area contributed by atoms with Gasteiger partial charge < -0.3 is 0 Å². The van der Waals surface area contributed by atoms with Crippen LogP contribution in [-0.2, 0) is 0 Å². The molecule has 0 aromatic rings. The summed E-state index contributed by atoms with van der Waals surface area (Å²) >= 11 is 0. The van der Waals surface area contributed by atoms with Gasteiger partial charge in [-0.05, 0) is 11.8 Å². The maximum atomic E-state index is 2.43. The average Bonchev–Trinajstić information content (AvgIpc) is 2.31. The molecule has 2 unspecified atom stereocenters. The summed E-state index contributed by atoms with van der Waals surface area (Å²) in [5.41, 5.74) is 0. The Morgan fingerprint density at radius 3 is 1.47 bits per heavy atom. The maximum Gasteiger partial charge on any atom is -0.0443 e. The normalized spacial score (nSPS) is 14.8. The first-order valence-electron chi connectivity index (χ1n) is 8.20. The van der Waals surface area contributed by atoms with Crippen molar-refractivity contribution in [2.45, 2.75) is 98.3 Å². The van der Waals surface area contributed by atoms with Gasteiger partial charge in [-0.25, -0.2) is 0 Å². The fourth-order valence-corrected chi connectivity index (χ4v) is 2.67. The molecule has 0 aromatic carbocycles. The molecule has 0 saturated carbocycles. The zero-order valence-electron chi connectivity index (χ0n) is 12.9. The first kappa shape index (κ1) is 17.0. The Morgan fingerprint density at radius 1 is 0.529 bits per heavy atom. The highest BCUT2D eigenvalue weighted by Crippen LogP contribution is 2.18. The van der Waals surface area contributed by atoms with E-state index < -0.39 is 0 Å². The molecule has 2 atom stereocenters. The Morgan fingerprint density at radius 2 is 1.00 bits per heavy atom. The summed E-state index contributed by atoms with van der Waals surface area (Å²) in [6.07, 6.45) is 15.8. The summed E-state index contributed by atoms with van der Waals surface area (Å²) in [5, 5.41) is 0. The van der Waals surface area contributed by atoms with Crippen LogP contribution >= 0.6 is 0 Å². The number of unbranched alkanes of at least 4 members (excludes halogenated alkanes) is 4. The fraction of sp³-hybridized carbons (Fsp3) is 1.00. The molecule has 104 valence electrons. The topological polar surface area (TPSA) is 0 Å². The zero-order valence-corrected chi connectivity index (χ0v) is 12.9. The van der Waals surface area contributed by atoms with Gasteiger partial charge in [-0.3, -0.25) is 0 Å². The van der Waals surface area contributed by atoms with E-state index in [1.807, 2.05) is 0 Å². The standard InChI is InChI=1S/C17H36/c1-5-7-13-17(4)15-11-9-8-10-14-16(3)12-6-2/h16-17H,5-15H2,1-4H3. The lowest BCUT2D eigenvalue weighted by Crippen LogP contribution is -1.96. The molecule has 0 heterocycles. The lowest BCUT2D eigenvalue weighted by molar-refractivity contribution is 0.424. The van der Waals surface area contributed by atoms with Crippen LogP contribution in [-0.4, -0.2) is 0 Å². The largest absolute Gasteiger partial charge is 0.0654 e. The molecule has 0 aliphatic carbocycles. The Balaban J connectivity index is 3.17. The van der Waals surface area contributed by atoms with Crippen molar-refractivity contribution in [2.24, 2.45) is 11.8 Å². The molecule has 0 N–H and O–H groups in total. The molecule has 17 heavy (non-hydrogen) atoms. The van der Waals surface area contributed by atoms with Gasteiger partial charge in [-0.15, -0.1) is 0 Å². The molecule has 0 spiro atoms. The smallest absolute Gasteiger partial charge is 0.0443 e. The highest BCUT2D eigenvalue weighted by atomic mass is 14.1. The Kier molecular flexibility index (Phi) is 12.5. The molecule has 0 nitrogen and oxygen atoms in total. The second-order valence-electron chi connectivity index (χ2n) is 6.13. The van der Waals surface area contributed by atoms with E-state index in [1.165, 1.54) is 70.6 Å². The molecule has 0 fully saturated rings. The van der Waals surface area contributed by atoms with Crippen molar-refractivity contribution in [1.29, 1.82) is 0 Å². The minimum absolute atomic E-state index is 0.962.